The van der Waals surface area contributed by atoms with Crippen LogP contribution in [0.3, 0.4) is 0 Å². The number of ketones is 1. The Kier molecular flexibility index (Phi) is 4.60. The number of nitrogen functional groups attached to an aromatic ring is 1. The van der Waals surface area contributed by atoms with Crippen LogP contribution in [0.1, 0.15) is 15.9 Å². The fourth-order valence-corrected chi connectivity index (χ4v) is 2.36. The van der Waals surface area contributed by atoms with Crippen LogP contribution in [0.2, 0.25) is 5.02 Å². The summed E-state index contributed by atoms with van der Waals surface area (Å²) in [4.78, 5) is 36.3. The number of nitrogens with two attached hydrogens (primary N) is 1. The molecule has 0 fully saturated rings. The molecule has 0 aliphatic rings. The van der Waals surface area contributed by atoms with Crippen LogP contribution in [0.25, 0.3) is 0 Å². The van der Waals surface area contributed by atoms with Gasteiger partial charge in [0.2, 0.25) is 0 Å². The molecule has 23 heavy (non-hydrogen) atoms. The van der Waals surface area contributed by atoms with E-state index < -0.39 is 17.0 Å². The van der Waals surface area contributed by atoms with Gasteiger partial charge in [-0.25, -0.2) is 4.79 Å². The van der Waals surface area contributed by atoms with Crippen LogP contribution in [-0.2, 0) is 14.1 Å². The van der Waals surface area contributed by atoms with Gasteiger partial charge in [0.25, 0.3) is 5.56 Å². The quantitative estimate of drug-likeness (QED) is 0.809. The van der Waals surface area contributed by atoms with E-state index in [9.17, 15) is 14.4 Å². The van der Waals surface area contributed by atoms with Crippen molar-refractivity contribution in [3.05, 3.63) is 55.2 Å². The molecule has 122 valence electrons. The summed E-state index contributed by atoms with van der Waals surface area (Å²) < 4.78 is 1.92. The van der Waals surface area contributed by atoms with Crippen LogP contribution in [0.15, 0.2) is 27.8 Å². The summed E-state index contributed by atoms with van der Waals surface area (Å²) in [5, 5.41) is 3.50. The highest BCUT2D eigenvalue weighted by Gasteiger charge is 2.20. The topological polar surface area (TPSA) is 99.1 Å². The molecule has 2 aromatic rings. The van der Waals surface area contributed by atoms with Gasteiger partial charge in [-0.05, 0) is 24.6 Å². The van der Waals surface area contributed by atoms with Crippen LogP contribution in [-0.4, -0.2) is 21.5 Å². The molecular formula is C15H17ClN4O3. The monoisotopic (exact) mass is 336 g/mol. The Morgan fingerprint density at radius 3 is 2.57 bits per heavy atom. The Morgan fingerprint density at radius 1 is 1.26 bits per heavy atom. The minimum Gasteiger partial charge on any atom is -0.384 e. The summed E-state index contributed by atoms with van der Waals surface area (Å²) in [5.41, 5.74) is 5.74. The zero-order valence-corrected chi connectivity index (χ0v) is 13.8. The molecule has 0 aliphatic carbocycles. The number of hydrogen-bond donors (Lipinski definition) is 2. The molecule has 0 spiro atoms. The summed E-state index contributed by atoms with van der Waals surface area (Å²) in [7, 11) is 2.71. The number of nitrogens with zero attached hydrogens (tertiary/aromatic N) is 2. The molecule has 0 amide bonds. The van der Waals surface area contributed by atoms with Gasteiger partial charge >= 0.3 is 5.69 Å². The molecule has 3 N–H and O–H groups in total. The van der Waals surface area contributed by atoms with Crippen molar-refractivity contribution >= 4 is 28.9 Å². The molecule has 0 atom stereocenters. The minimum absolute atomic E-state index is 0.140. The Labute approximate surface area is 137 Å². The van der Waals surface area contributed by atoms with Gasteiger partial charge in [-0.2, -0.15) is 0 Å². The Bertz CT molecular complexity index is 899. The van der Waals surface area contributed by atoms with Crippen molar-refractivity contribution in [2.24, 2.45) is 14.1 Å². The highest BCUT2D eigenvalue weighted by molar-refractivity contribution is 6.31. The molecule has 8 heteroatoms. The lowest BCUT2D eigenvalue weighted by Gasteiger charge is -2.13. The first-order valence-electron chi connectivity index (χ1n) is 6.83. The SMILES string of the molecule is Cc1c(Cl)cccc1NCC(=O)c1c(N)n(C)c(=O)n(C)c1=O. The summed E-state index contributed by atoms with van der Waals surface area (Å²) in [6.07, 6.45) is 0. The molecule has 0 saturated carbocycles. The van der Waals surface area contributed by atoms with E-state index in [1.54, 1.807) is 18.2 Å². The fraction of sp³-hybridized carbons (Fsp3) is 0.267. The molecule has 7 nitrogen and oxygen atoms in total. The van der Waals surface area contributed by atoms with Crippen LogP contribution < -0.4 is 22.3 Å². The van der Waals surface area contributed by atoms with Gasteiger partial charge in [-0.1, -0.05) is 17.7 Å². The molecule has 0 unspecified atom stereocenters. The van der Waals surface area contributed by atoms with Gasteiger partial charge in [-0.3, -0.25) is 18.7 Å². The van der Waals surface area contributed by atoms with Crippen molar-refractivity contribution in [3.63, 3.8) is 0 Å². The number of hydrogen-bond acceptors (Lipinski definition) is 5. The highest BCUT2D eigenvalue weighted by atomic mass is 35.5. The smallest absolute Gasteiger partial charge is 0.332 e. The molecule has 2 rings (SSSR count). The van der Waals surface area contributed by atoms with E-state index in [2.05, 4.69) is 5.32 Å². The van der Waals surface area contributed by atoms with Gasteiger partial charge in [-0.15, -0.1) is 0 Å². The maximum atomic E-state index is 12.4. The second-order valence-corrected chi connectivity index (χ2v) is 5.56. The first-order valence-corrected chi connectivity index (χ1v) is 7.21. The molecule has 1 aromatic heterocycles. The third-order valence-corrected chi connectivity index (χ3v) is 4.11. The van der Waals surface area contributed by atoms with E-state index >= 15 is 0 Å². The number of aromatic nitrogens is 2. The number of halogens is 1. The van der Waals surface area contributed by atoms with Gasteiger partial charge in [0.05, 0.1) is 6.54 Å². The van der Waals surface area contributed by atoms with E-state index in [1.165, 1.54) is 14.1 Å². The average Bonchev–Trinajstić information content (AvgIpc) is 2.52. The number of rotatable bonds is 4. The maximum absolute atomic E-state index is 12.4. The standard InChI is InChI=1S/C15H17ClN4O3/c1-8-9(16)5-4-6-10(8)18-7-11(21)12-13(17)19(2)15(23)20(3)14(12)22/h4-6,18H,7,17H2,1-3H3. The molecule has 0 saturated heterocycles. The molecule has 1 aromatic carbocycles. The molecular weight excluding hydrogens is 320 g/mol. The van der Waals surface area contributed by atoms with Crippen LogP contribution in [0.5, 0.6) is 0 Å². The largest absolute Gasteiger partial charge is 0.384 e. The lowest BCUT2D eigenvalue weighted by atomic mass is 10.1. The number of anilines is 2. The summed E-state index contributed by atoms with van der Waals surface area (Å²) in [5.74, 6) is -0.647. The lowest BCUT2D eigenvalue weighted by Crippen LogP contribution is -2.42. The third-order valence-electron chi connectivity index (χ3n) is 3.70. The van der Waals surface area contributed by atoms with E-state index in [-0.39, 0.29) is 17.9 Å². The number of Topliss-reactive ketones (excluding diaryl/α,β-unsaturated/α-hetero) is 1. The maximum Gasteiger partial charge on any atom is 0.332 e. The van der Waals surface area contributed by atoms with Crippen molar-refractivity contribution in [2.75, 3.05) is 17.6 Å². The second kappa shape index (κ2) is 6.29. The first kappa shape index (κ1) is 16.8. The Morgan fingerprint density at radius 2 is 1.91 bits per heavy atom. The summed E-state index contributed by atoms with van der Waals surface area (Å²) in [6.45, 7) is 1.67. The number of nitrogens with one attached hydrogen (secondary N) is 1. The molecule has 0 aliphatic heterocycles. The van der Waals surface area contributed by atoms with Gasteiger partial charge < -0.3 is 11.1 Å². The van der Waals surface area contributed by atoms with Gasteiger partial charge in [0.15, 0.2) is 5.78 Å². The predicted molar refractivity (Wildman–Crippen MR) is 90.3 cm³/mol. The lowest BCUT2D eigenvalue weighted by molar-refractivity contribution is 0.100. The second-order valence-electron chi connectivity index (χ2n) is 5.16. The van der Waals surface area contributed by atoms with Crippen LogP contribution in [0.4, 0.5) is 11.5 Å². The highest BCUT2D eigenvalue weighted by Crippen LogP contribution is 2.22. The van der Waals surface area contributed by atoms with Crippen molar-refractivity contribution in [1.29, 1.82) is 0 Å². The van der Waals surface area contributed by atoms with Crippen LogP contribution >= 0.6 is 11.6 Å². The van der Waals surface area contributed by atoms with Crippen molar-refractivity contribution < 1.29 is 4.79 Å². The Balaban J connectivity index is 2.34. The predicted octanol–water partition coefficient (Wildman–Crippen LogP) is 0.923. The first-order chi connectivity index (χ1) is 10.8. The van der Waals surface area contributed by atoms with Crippen molar-refractivity contribution in [1.82, 2.24) is 9.13 Å². The molecule has 1 heterocycles. The van der Waals surface area contributed by atoms with E-state index in [0.29, 0.717) is 10.7 Å². The number of carbonyl (C=O) groups excluding carboxylic acids is 1. The Hall–Kier alpha value is -2.54. The van der Waals surface area contributed by atoms with Crippen molar-refractivity contribution in [3.8, 4) is 0 Å². The van der Waals surface area contributed by atoms with E-state index in [4.69, 9.17) is 17.3 Å². The van der Waals surface area contributed by atoms with Crippen molar-refractivity contribution in [2.45, 2.75) is 6.92 Å². The molecule has 0 radical (unpaired) electrons. The average molecular weight is 337 g/mol. The number of benzene rings is 1. The van der Waals surface area contributed by atoms with E-state index in [0.717, 1.165) is 14.7 Å². The van der Waals surface area contributed by atoms with Gasteiger partial charge in [0, 0.05) is 24.8 Å². The fourth-order valence-electron chi connectivity index (χ4n) is 2.18. The number of carbonyl (C=O) groups is 1. The molecule has 0 bridgehead atoms. The minimum atomic E-state index is -0.708. The normalized spacial score (nSPS) is 10.6. The van der Waals surface area contributed by atoms with Gasteiger partial charge in [0.1, 0.15) is 11.4 Å². The third kappa shape index (κ3) is 3.00. The zero-order chi connectivity index (χ0) is 17.3. The summed E-state index contributed by atoms with van der Waals surface area (Å²) in [6, 6.07) is 5.27. The van der Waals surface area contributed by atoms with E-state index in [1.807, 2.05) is 6.92 Å². The summed E-state index contributed by atoms with van der Waals surface area (Å²) >= 11 is 6.02. The zero-order valence-electron chi connectivity index (χ0n) is 13.0. The van der Waals surface area contributed by atoms with Crippen LogP contribution in [0, 0.1) is 6.92 Å².